The maximum absolute atomic E-state index is 9.42. The Kier molecular flexibility index (Phi) is 5.18. The van der Waals surface area contributed by atoms with Crippen LogP contribution in [0.25, 0.3) is 0 Å². The highest BCUT2D eigenvalue weighted by molar-refractivity contribution is 4.87. The minimum Gasteiger partial charge on any atom is -0.396 e. The van der Waals surface area contributed by atoms with E-state index in [-0.39, 0.29) is 25.2 Å². The first-order valence-corrected chi connectivity index (χ1v) is 6.13. The largest absolute Gasteiger partial charge is 0.396 e. The van der Waals surface area contributed by atoms with Crippen LogP contribution in [0.15, 0.2) is 0 Å². The van der Waals surface area contributed by atoms with E-state index in [1.807, 2.05) is 6.92 Å². The van der Waals surface area contributed by atoms with Crippen molar-refractivity contribution in [1.29, 1.82) is 0 Å². The first-order chi connectivity index (χ1) is 7.60. The first kappa shape index (κ1) is 13.9. The summed E-state index contributed by atoms with van der Waals surface area (Å²) in [6.07, 6.45) is 4.54. The van der Waals surface area contributed by atoms with Gasteiger partial charge in [0, 0.05) is 30.5 Å². The van der Waals surface area contributed by atoms with E-state index in [0.717, 1.165) is 19.4 Å². The summed E-state index contributed by atoms with van der Waals surface area (Å²) in [6.45, 7) is 3.39. The van der Waals surface area contributed by atoms with E-state index in [2.05, 4.69) is 5.32 Å². The highest BCUT2D eigenvalue weighted by Crippen LogP contribution is 2.36. The van der Waals surface area contributed by atoms with Crippen molar-refractivity contribution in [2.45, 2.75) is 32.6 Å². The van der Waals surface area contributed by atoms with Gasteiger partial charge in [-0.2, -0.15) is 0 Å². The SMILES string of the molecule is CC(CO)(CO)CNCC1(CO)CCCC1. The molecular weight excluding hydrogens is 206 g/mol. The molecule has 1 saturated carbocycles. The van der Waals surface area contributed by atoms with Crippen LogP contribution in [0.1, 0.15) is 32.6 Å². The highest BCUT2D eigenvalue weighted by Gasteiger charge is 2.33. The minimum absolute atomic E-state index is 0.0252. The summed E-state index contributed by atoms with van der Waals surface area (Å²) in [4.78, 5) is 0. The van der Waals surface area contributed by atoms with Gasteiger partial charge in [-0.25, -0.2) is 0 Å². The lowest BCUT2D eigenvalue weighted by molar-refractivity contribution is 0.0621. The lowest BCUT2D eigenvalue weighted by Gasteiger charge is -2.30. The molecule has 0 bridgehead atoms. The van der Waals surface area contributed by atoms with Crippen molar-refractivity contribution in [3.8, 4) is 0 Å². The summed E-state index contributed by atoms with van der Waals surface area (Å²) < 4.78 is 0. The predicted molar refractivity (Wildman–Crippen MR) is 63.1 cm³/mol. The van der Waals surface area contributed by atoms with Crippen LogP contribution in [-0.2, 0) is 0 Å². The Morgan fingerprint density at radius 1 is 1.12 bits per heavy atom. The Hall–Kier alpha value is -0.160. The van der Waals surface area contributed by atoms with Crippen molar-refractivity contribution < 1.29 is 15.3 Å². The van der Waals surface area contributed by atoms with Crippen LogP contribution >= 0.6 is 0 Å². The summed E-state index contributed by atoms with van der Waals surface area (Å²) in [5, 5.41) is 31.0. The molecule has 0 aliphatic heterocycles. The zero-order chi connectivity index (χ0) is 12.1. The van der Waals surface area contributed by atoms with Crippen LogP contribution in [-0.4, -0.2) is 48.2 Å². The highest BCUT2D eigenvalue weighted by atomic mass is 16.3. The maximum Gasteiger partial charge on any atom is 0.0518 e. The molecule has 1 rings (SSSR count). The van der Waals surface area contributed by atoms with E-state index in [1.165, 1.54) is 12.8 Å². The van der Waals surface area contributed by atoms with Crippen molar-refractivity contribution in [1.82, 2.24) is 5.32 Å². The Labute approximate surface area is 97.7 Å². The van der Waals surface area contributed by atoms with E-state index in [0.29, 0.717) is 6.54 Å². The molecule has 1 aliphatic rings. The lowest BCUT2D eigenvalue weighted by Crippen LogP contribution is -2.43. The summed E-state index contributed by atoms with van der Waals surface area (Å²) in [7, 11) is 0. The minimum atomic E-state index is -0.463. The second kappa shape index (κ2) is 5.96. The van der Waals surface area contributed by atoms with Crippen molar-refractivity contribution in [3.05, 3.63) is 0 Å². The van der Waals surface area contributed by atoms with E-state index in [4.69, 9.17) is 10.2 Å². The quantitative estimate of drug-likeness (QED) is 0.502. The second-order valence-corrected chi connectivity index (χ2v) is 5.60. The molecule has 0 atom stereocenters. The van der Waals surface area contributed by atoms with E-state index in [1.54, 1.807) is 0 Å². The summed E-state index contributed by atoms with van der Waals surface area (Å²) in [5.74, 6) is 0. The molecule has 0 amide bonds. The van der Waals surface area contributed by atoms with Gasteiger partial charge in [0.05, 0.1) is 13.2 Å². The fourth-order valence-corrected chi connectivity index (χ4v) is 2.31. The first-order valence-electron chi connectivity index (χ1n) is 6.13. The topological polar surface area (TPSA) is 72.7 Å². The average molecular weight is 231 g/mol. The zero-order valence-corrected chi connectivity index (χ0v) is 10.2. The van der Waals surface area contributed by atoms with Gasteiger partial charge in [0.1, 0.15) is 0 Å². The van der Waals surface area contributed by atoms with Gasteiger partial charge in [-0.05, 0) is 12.8 Å². The molecule has 4 N–H and O–H groups in total. The Morgan fingerprint density at radius 2 is 1.69 bits per heavy atom. The number of aliphatic hydroxyl groups excluding tert-OH is 3. The molecule has 1 fully saturated rings. The number of aliphatic hydroxyl groups is 3. The molecule has 0 aromatic carbocycles. The summed E-state index contributed by atoms with van der Waals surface area (Å²) in [5.41, 5.74) is -0.429. The van der Waals surface area contributed by atoms with Gasteiger partial charge in [-0.1, -0.05) is 19.8 Å². The Balaban J connectivity index is 2.33. The van der Waals surface area contributed by atoms with Crippen molar-refractivity contribution >= 4 is 0 Å². The molecule has 0 aromatic rings. The number of hydrogen-bond donors (Lipinski definition) is 4. The number of hydrogen-bond acceptors (Lipinski definition) is 4. The van der Waals surface area contributed by atoms with Gasteiger partial charge >= 0.3 is 0 Å². The number of nitrogens with one attached hydrogen (secondary N) is 1. The lowest BCUT2D eigenvalue weighted by atomic mass is 9.86. The second-order valence-electron chi connectivity index (χ2n) is 5.60. The molecule has 16 heavy (non-hydrogen) atoms. The van der Waals surface area contributed by atoms with Gasteiger partial charge in [0.2, 0.25) is 0 Å². The molecule has 4 nitrogen and oxygen atoms in total. The molecule has 0 aromatic heterocycles. The van der Waals surface area contributed by atoms with Gasteiger partial charge in [0.25, 0.3) is 0 Å². The van der Waals surface area contributed by atoms with Gasteiger partial charge in [-0.15, -0.1) is 0 Å². The molecule has 96 valence electrons. The van der Waals surface area contributed by atoms with Crippen LogP contribution in [0.5, 0.6) is 0 Å². The van der Waals surface area contributed by atoms with Gasteiger partial charge in [0.15, 0.2) is 0 Å². The average Bonchev–Trinajstić information content (AvgIpc) is 2.78. The molecule has 0 saturated heterocycles. The predicted octanol–water partition coefficient (Wildman–Crippen LogP) is 0.120. The molecule has 1 aliphatic carbocycles. The van der Waals surface area contributed by atoms with E-state index < -0.39 is 5.41 Å². The van der Waals surface area contributed by atoms with Crippen LogP contribution in [0.3, 0.4) is 0 Å². The maximum atomic E-state index is 9.42. The van der Waals surface area contributed by atoms with Crippen molar-refractivity contribution in [2.24, 2.45) is 10.8 Å². The third kappa shape index (κ3) is 3.42. The van der Waals surface area contributed by atoms with Crippen molar-refractivity contribution in [2.75, 3.05) is 32.9 Å². The number of rotatable bonds is 7. The smallest absolute Gasteiger partial charge is 0.0518 e. The fourth-order valence-electron chi connectivity index (χ4n) is 2.31. The molecule has 0 spiro atoms. The van der Waals surface area contributed by atoms with Gasteiger partial charge in [-0.3, -0.25) is 0 Å². The molecular formula is C12H25NO3. The van der Waals surface area contributed by atoms with Gasteiger partial charge < -0.3 is 20.6 Å². The van der Waals surface area contributed by atoms with Crippen LogP contribution in [0.4, 0.5) is 0 Å². The Bertz CT molecular complexity index is 198. The summed E-state index contributed by atoms with van der Waals surface area (Å²) in [6, 6.07) is 0. The molecule has 0 radical (unpaired) electrons. The van der Waals surface area contributed by atoms with Crippen molar-refractivity contribution in [3.63, 3.8) is 0 Å². The van der Waals surface area contributed by atoms with Crippen LogP contribution in [0.2, 0.25) is 0 Å². The van der Waals surface area contributed by atoms with E-state index >= 15 is 0 Å². The summed E-state index contributed by atoms with van der Waals surface area (Å²) >= 11 is 0. The normalized spacial score (nSPS) is 20.2. The monoisotopic (exact) mass is 231 g/mol. The molecule has 0 heterocycles. The third-order valence-electron chi connectivity index (χ3n) is 3.81. The van der Waals surface area contributed by atoms with Crippen LogP contribution in [0, 0.1) is 10.8 Å². The Morgan fingerprint density at radius 3 is 2.12 bits per heavy atom. The van der Waals surface area contributed by atoms with E-state index in [9.17, 15) is 5.11 Å². The molecule has 0 unspecified atom stereocenters. The zero-order valence-electron chi connectivity index (χ0n) is 10.2. The standard InChI is InChI=1S/C12H25NO3/c1-11(8-14,9-15)6-13-7-12(10-16)4-2-3-5-12/h13-16H,2-10H2,1H3. The third-order valence-corrected chi connectivity index (χ3v) is 3.81. The van der Waals surface area contributed by atoms with Crippen LogP contribution < -0.4 is 5.32 Å². The molecule has 4 heteroatoms. The fraction of sp³-hybridized carbons (Fsp3) is 1.00.